The highest BCUT2D eigenvalue weighted by molar-refractivity contribution is 9.10. The molecule has 1 aromatic carbocycles. The molecule has 0 unspecified atom stereocenters. The number of hydrogen-bond donors (Lipinski definition) is 3. The van der Waals surface area contributed by atoms with Crippen molar-refractivity contribution in [3.63, 3.8) is 0 Å². The van der Waals surface area contributed by atoms with Gasteiger partial charge in [0.15, 0.2) is 0 Å². The van der Waals surface area contributed by atoms with Gasteiger partial charge in [0.25, 0.3) is 0 Å². The highest BCUT2D eigenvalue weighted by Crippen LogP contribution is 2.36. The van der Waals surface area contributed by atoms with Gasteiger partial charge < -0.3 is 44.5 Å². The predicted molar refractivity (Wildman–Crippen MR) is 180 cm³/mol. The molecule has 46 heavy (non-hydrogen) atoms. The molecule has 0 atom stereocenters. The number of nitrogens with one attached hydrogen (secondary N) is 3. The Kier molecular flexibility index (Phi) is 15.8. The number of carbonyl (C=O) groups excluding carboxylic acids is 2. The molecule has 1 aliphatic rings. The highest BCUT2D eigenvalue weighted by Gasteiger charge is 2.36. The molecular weight excluding hydrogens is 660 g/mol. The van der Waals surface area contributed by atoms with Crippen LogP contribution in [0.25, 0.3) is 0 Å². The second-order valence-electron chi connectivity index (χ2n) is 12.1. The number of anilines is 3. The summed E-state index contributed by atoms with van der Waals surface area (Å²) >= 11 is 3.51. The van der Waals surface area contributed by atoms with E-state index in [4.69, 9.17) is 23.7 Å². The van der Waals surface area contributed by atoms with Crippen LogP contribution in [0.3, 0.4) is 0 Å². The third-order valence-corrected chi connectivity index (χ3v) is 7.71. The van der Waals surface area contributed by atoms with Crippen LogP contribution >= 0.6 is 15.9 Å². The van der Waals surface area contributed by atoms with E-state index in [1.807, 2.05) is 49.9 Å². The Labute approximate surface area is 280 Å². The quantitative estimate of drug-likeness (QED) is 0.110. The van der Waals surface area contributed by atoms with E-state index in [2.05, 4.69) is 48.8 Å². The maximum atomic E-state index is 11.5. The summed E-state index contributed by atoms with van der Waals surface area (Å²) in [5.74, 6) is 1.88. The summed E-state index contributed by atoms with van der Waals surface area (Å²) in [5, 5.41) is 9.19. The van der Waals surface area contributed by atoms with Crippen LogP contribution in [0.1, 0.15) is 53.4 Å². The van der Waals surface area contributed by atoms with Crippen molar-refractivity contribution in [2.45, 2.75) is 64.5 Å². The summed E-state index contributed by atoms with van der Waals surface area (Å²) in [5.41, 5.74) is 0.325. The third kappa shape index (κ3) is 14.1. The van der Waals surface area contributed by atoms with E-state index in [0.717, 1.165) is 41.6 Å². The molecule has 256 valence electrons. The minimum atomic E-state index is -0.518. The summed E-state index contributed by atoms with van der Waals surface area (Å²) in [6, 6.07) is 7.53. The molecule has 0 spiro atoms. The zero-order chi connectivity index (χ0) is 33.3. The average molecular weight is 710 g/mol. The molecule has 14 heteroatoms. The van der Waals surface area contributed by atoms with Crippen LogP contribution in [-0.2, 0) is 23.7 Å². The van der Waals surface area contributed by atoms with Gasteiger partial charge in [-0.1, -0.05) is 0 Å². The summed E-state index contributed by atoms with van der Waals surface area (Å²) in [6.07, 6.45) is 6.37. The van der Waals surface area contributed by atoms with Crippen LogP contribution in [0, 0.1) is 0 Å². The SMILES string of the molecule is CC(C)(C)OC(=O)NCCOCCOCCOCCOc1ccc(Nc2ncc(Br)c(NCCCN(C=O)C3(C)CCC3)n2)cc1. The number of rotatable bonds is 22. The minimum Gasteiger partial charge on any atom is -0.491 e. The molecule has 0 aliphatic heterocycles. The lowest BCUT2D eigenvalue weighted by Gasteiger charge is -2.46. The monoisotopic (exact) mass is 708 g/mol. The van der Waals surface area contributed by atoms with Crippen molar-refractivity contribution in [3.8, 4) is 5.75 Å². The molecule has 1 heterocycles. The second kappa shape index (κ2) is 19.5. The Morgan fingerprint density at radius 3 is 2.26 bits per heavy atom. The number of halogens is 1. The maximum absolute atomic E-state index is 11.5. The van der Waals surface area contributed by atoms with Gasteiger partial charge in [0, 0.05) is 37.1 Å². The van der Waals surface area contributed by atoms with Crippen molar-refractivity contribution in [3.05, 3.63) is 34.9 Å². The van der Waals surface area contributed by atoms with E-state index < -0.39 is 11.7 Å². The Hall–Kier alpha value is -3.20. The Morgan fingerprint density at radius 1 is 1.00 bits per heavy atom. The first-order valence-electron chi connectivity index (χ1n) is 15.8. The van der Waals surface area contributed by atoms with Crippen LogP contribution in [0.15, 0.2) is 34.9 Å². The van der Waals surface area contributed by atoms with Gasteiger partial charge in [-0.2, -0.15) is 4.98 Å². The van der Waals surface area contributed by atoms with E-state index in [-0.39, 0.29) is 5.54 Å². The largest absolute Gasteiger partial charge is 0.491 e. The summed E-state index contributed by atoms with van der Waals surface area (Å²) in [7, 11) is 0. The van der Waals surface area contributed by atoms with Crippen molar-refractivity contribution in [1.82, 2.24) is 20.2 Å². The Balaban J connectivity index is 1.22. The van der Waals surface area contributed by atoms with Crippen molar-refractivity contribution in [2.75, 3.05) is 76.5 Å². The number of benzene rings is 1. The number of nitrogens with zero attached hydrogens (tertiary/aromatic N) is 3. The van der Waals surface area contributed by atoms with Gasteiger partial charge in [-0.25, -0.2) is 9.78 Å². The first-order chi connectivity index (χ1) is 22.1. The molecule has 2 amide bonds. The highest BCUT2D eigenvalue weighted by atomic mass is 79.9. The lowest BCUT2D eigenvalue weighted by molar-refractivity contribution is -0.126. The molecule has 3 rings (SSSR count). The van der Waals surface area contributed by atoms with Crippen molar-refractivity contribution in [1.29, 1.82) is 0 Å². The molecule has 2 aromatic rings. The lowest BCUT2D eigenvalue weighted by atomic mass is 9.77. The fraction of sp³-hybridized carbons (Fsp3) is 0.625. The topological polar surface area (TPSA) is 145 Å². The molecule has 0 saturated heterocycles. The van der Waals surface area contributed by atoms with Crippen LogP contribution in [0.5, 0.6) is 5.75 Å². The van der Waals surface area contributed by atoms with Crippen LogP contribution < -0.4 is 20.7 Å². The maximum Gasteiger partial charge on any atom is 0.407 e. The number of alkyl carbamates (subject to hydrolysis) is 1. The standard InChI is InChI=1S/C32H49BrN6O7/c1-31(2,3)46-30(41)35-14-16-42-17-18-43-19-20-44-21-22-45-26-9-7-25(8-10-26)37-29-36-23-27(33)28(38-29)34-13-6-15-39(24-40)32(4)11-5-12-32/h7-10,23-24H,5-6,11-22H2,1-4H3,(H,35,41)(H2,34,36,37,38). The van der Waals surface area contributed by atoms with Gasteiger partial charge in [0.1, 0.15) is 23.8 Å². The lowest BCUT2D eigenvalue weighted by Crippen LogP contribution is -2.51. The van der Waals surface area contributed by atoms with E-state index >= 15 is 0 Å². The first-order valence-corrected chi connectivity index (χ1v) is 16.6. The normalized spacial score (nSPS) is 13.8. The summed E-state index contributed by atoms with van der Waals surface area (Å²) in [6.45, 7) is 12.4. The fourth-order valence-electron chi connectivity index (χ4n) is 4.50. The molecule has 1 saturated carbocycles. The first kappa shape index (κ1) is 37.3. The smallest absolute Gasteiger partial charge is 0.407 e. The molecule has 3 N–H and O–H groups in total. The van der Waals surface area contributed by atoms with Crippen molar-refractivity contribution >= 4 is 45.9 Å². The second-order valence-corrected chi connectivity index (χ2v) is 12.9. The van der Waals surface area contributed by atoms with E-state index in [9.17, 15) is 9.59 Å². The van der Waals surface area contributed by atoms with Gasteiger partial charge in [-0.3, -0.25) is 4.79 Å². The number of carbonyl (C=O) groups is 2. The minimum absolute atomic E-state index is 0.0163. The van der Waals surface area contributed by atoms with E-state index in [1.54, 1.807) is 6.20 Å². The average Bonchev–Trinajstić information content (AvgIpc) is 2.99. The van der Waals surface area contributed by atoms with Crippen LogP contribution in [0.2, 0.25) is 0 Å². The van der Waals surface area contributed by atoms with E-state index in [0.29, 0.717) is 77.6 Å². The Morgan fingerprint density at radius 2 is 1.65 bits per heavy atom. The molecular formula is C32H49BrN6O7. The summed E-state index contributed by atoms with van der Waals surface area (Å²) < 4.78 is 28.1. The number of aromatic nitrogens is 2. The van der Waals surface area contributed by atoms with Gasteiger partial charge >= 0.3 is 6.09 Å². The van der Waals surface area contributed by atoms with Crippen LogP contribution in [-0.4, -0.2) is 104 Å². The number of ether oxygens (including phenoxy) is 5. The van der Waals surface area contributed by atoms with Gasteiger partial charge in [0.05, 0.1) is 44.1 Å². The number of hydrogen-bond acceptors (Lipinski definition) is 11. The van der Waals surface area contributed by atoms with Gasteiger partial charge in [-0.05, 0) is 93.6 Å². The molecule has 13 nitrogen and oxygen atoms in total. The zero-order valence-corrected chi connectivity index (χ0v) is 29.0. The molecule has 1 aromatic heterocycles. The fourth-order valence-corrected chi connectivity index (χ4v) is 4.83. The molecule has 0 bridgehead atoms. The number of amides is 2. The summed E-state index contributed by atoms with van der Waals surface area (Å²) in [4.78, 5) is 33.9. The van der Waals surface area contributed by atoms with Crippen molar-refractivity contribution < 1.29 is 33.3 Å². The predicted octanol–water partition coefficient (Wildman–Crippen LogP) is 5.14. The zero-order valence-electron chi connectivity index (χ0n) is 27.4. The van der Waals surface area contributed by atoms with E-state index in [1.165, 1.54) is 6.42 Å². The molecule has 0 radical (unpaired) electrons. The van der Waals surface area contributed by atoms with Gasteiger partial charge in [-0.15, -0.1) is 0 Å². The Bertz CT molecular complexity index is 1190. The molecule has 1 aliphatic carbocycles. The third-order valence-electron chi connectivity index (χ3n) is 7.13. The molecule has 1 fully saturated rings. The van der Waals surface area contributed by atoms with Gasteiger partial charge in [0.2, 0.25) is 12.4 Å². The van der Waals surface area contributed by atoms with Crippen molar-refractivity contribution in [2.24, 2.45) is 0 Å². The van der Waals surface area contributed by atoms with Crippen LogP contribution in [0.4, 0.5) is 22.2 Å².